The van der Waals surface area contributed by atoms with E-state index in [2.05, 4.69) is 93.6 Å². The van der Waals surface area contributed by atoms with Gasteiger partial charge in [-0.3, -0.25) is 0 Å². The standard InChI is InChI=1S/2C14H14P.CH3.2Au.2ClH/c2*1-15(2,13-9-5-3-6-10-13)14-11-7-4-8-12-14;;;;;/h2*3-12H,1-2H2;1H3;;;2*1H/q3*-1;2*+1;;/p-2. The zero-order valence-electron chi connectivity index (χ0n) is 19.6. The first kappa shape index (κ1) is 34.8. The van der Waals surface area contributed by atoms with Crippen LogP contribution in [0, 0.1) is 34.1 Å². The van der Waals surface area contributed by atoms with Crippen LogP contribution in [-0.4, -0.2) is 0 Å². The SMILES string of the molecule is [CH2-][P+]([CH2-])(c1ccccc1)c1ccccc1.[CH2-][P+]([CH2-])(c1ccccc1)c1ccccc1.[CH3-].[Cl][Au].[Cl][Au]. The van der Waals surface area contributed by atoms with Gasteiger partial charge >= 0.3 is 58.4 Å². The molecule has 4 aromatic rings. The fraction of sp³-hybridized carbons (Fsp3) is 0. The molecular weight excluding hydrogens is 875 g/mol. The van der Waals surface area contributed by atoms with Gasteiger partial charge in [0.1, 0.15) is 0 Å². The summed E-state index contributed by atoms with van der Waals surface area (Å²) in [5, 5.41) is 4.99. The van der Waals surface area contributed by atoms with E-state index in [1.54, 1.807) is 40.0 Å². The van der Waals surface area contributed by atoms with Gasteiger partial charge in [-0.15, -0.1) is 0 Å². The quantitative estimate of drug-likeness (QED) is 0.110. The molecule has 0 aliphatic carbocycles. The summed E-state index contributed by atoms with van der Waals surface area (Å²) in [7, 11) is 5.87. The molecule has 0 atom stereocenters. The molecule has 0 nitrogen and oxygen atoms in total. The summed E-state index contributed by atoms with van der Waals surface area (Å²) in [5.74, 6) is 0. The number of hydrogen-bond acceptors (Lipinski definition) is 0. The van der Waals surface area contributed by atoms with E-state index in [1.165, 1.54) is 21.2 Å². The summed E-state index contributed by atoms with van der Waals surface area (Å²) in [6.07, 6.45) is 0. The second-order valence-corrected chi connectivity index (χ2v) is 13.2. The molecule has 6 heteroatoms. The number of halogens is 2. The Balaban J connectivity index is 0.000000565. The van der Waals surface area contributed by atoms with Crippen molar-refractivity contribution < 1.29 is 40.0 Å². The van der Waals surface area contributed by atoms with Gasteiger partial charge in [-0.25, -0.2) is 0 Å². The van der Waals surface area contributed by atoms with Crippen LogP contribution in [0.4, 0.5) is 0 Å². The van der Waals surface area contributed by atoms with Crippen molar-refractivity contribution in [3.05, 3.63) is 155 Å². The first-order chi connectivity index (χ1) is 16.4. The summed E-state index contributed by atoms with van der Waals surface area (Å²) >= 11 is 3.50. The van der Waals surface area contributed by atoms with Crippen LogP contribution >= 0.6 is 32.9 Å². The molecule has 0 saturated carbocycles. The molecular formula is C29H31Au2Cl2P2-3. The molecule has 0 aromatic heterocycles. The topological polar surface area (TPSA) is 0 Å². The molecule has 0 unspecified atom stereocenters. The summed E-state index contributed by atoms with van der Waals surface area (Å²) in [4.78, 5) is 0. The van der Waals surface area contributed by atoms with Crippen molar-refractivity contribution in [2.45, 2.75) is 0 Å². The van der Waals surface area contributed by atoms with Crippen molar-refractivity contribution >= 4 is 54.1 Å². The molecule has 0 fully saturated rings. The molecule has 35 heavy (non-hydrogen) atoms. The van der Waals surface area contributed by atoms with Crippen molar-refractivity contribution in [2.24, 2.45) is 0 Å². The second-order valence-electron chi connectivity index (χ2n) is 7.28. The fourth-order valence-corrected chi connectivity index (χ4v) is 6.72. The number of rotatable bonds is 4. The first-order valence-corrected chi connectivity index (χ1v) is 19.7. The average molecular weight is 906 g/mol. The zero-order valence-corrected chi connectivity index (χ0v) is 27.3. The minimum atomic E-state index is -1.65. The predicted octanol–water partition coefficient (Wildman–Crippen LogP) is 8.30. The predicted molar refractivity (Wildman–Crippen MR) is 158 cm³/mol. The van der Waals surface area contributed by atoms with Gasteiger partial charge in [0.2, 0.25) is 0 Å². The maximum atomic E-state index is 4.58. The molecule has 0 heterocycles. The second kappa shape index (κ2) is 19.0. The van der Waals surface area contributed by atoms with E-state index in [9.17, 15) is 0 Å². The number of hydrogen-bond donors (Lipinski definition) is 0. The Hall–Kier alpha value is -0.199. The molecule has 0 amide bonds. The summed E-state index contributed by atoms with van der Waals surface area (Å²) in [5.41, 5.74) is 0. The van der Waals surface area contributed by atoms with Crippen LogP contribution in [0.25, 0.3) is 0 Å². The molecule has 4 aromatic carbocycles. The third-order valence-electron chi connectivity index (χ3n) is 5.00. The van der Waals surface area contributed by atoms with E-state index in [4.69, 9.17) is 0 Å². The van der Waals surface area contributed by atoms with Gasteiger partial charge in [-0.1, -0.05) is 72.8 Å². The molecule has 0 aliphatic rings. The fourth-order valence-electron chi connectivity index (χ4n) is 3.15. The van der Waals surface area contributed by atoms with Crippen molar-refractivity contribution in [3.63, 3.8) is 0 Å². The van der Waals surface area contributed by atoms with Crippen LogP contribution in [-0.2, 0) is 40.0 Å². The Kier molecular flexibility index (Phi) is 18.8. The van der Waals surface area contributed by atoms with E-state index in [0.717, 1.165) is 0 Å². The molecule has 0 bridgehead atoms. The van der Waals surface area contributed by atoms with Crippen LogP contribution in [0.15, 0.2) is 121 Å². The maximum absolute atomic E-state index is 4.58. The van der Waals surface area contributed by atoms with Gasteiger partial charge in [0, 0.05) is 21.2 Å². The first-order valence-electron chi connectivity index (χ1n) is 10.0. The van der Waals surface area contributed by atoms with Gasteiger partial charge in [0.15, 0.2) is 0 Å². The summed E-state index contributed by atoms with van der Waals surface area (Å²) in [6.45, 7) is 17.2. The van der Waals surface area contributed by atoms with Crippen molar-refractivity contribution in [3.8, 4) is 0 Å². The van der Waals surface area contributed by atoms with E-state index < -0.39 is 14.5 Å². The number of benzene rings is 4. The third-order valence-corrected chi connectivity index (χ3v) is 10.1. The molecule has 0 spiro atoms. The Bertz CT molecular complexity index is 861. The summed E-state index contributed by atoms with van der Waals surface area (Å²) in [6, 6.07) is 41.3. The molecule has 0 N–H and O–H groups in total. The van der Waals surface area contributed by atoms with E-state index >= 15 is 0 Å². The van der Waals surface area contributed by atoms with Crippen molar-refractivity contribution in [2.75, 3.05) is 0 Å². The Morgan fingerprint density at radius 3 is 0.657 bits per heavy atom. The molecule has 196 valence electrons. The minimum absolute atomic E-state index is 0. The van der Waals surface area contributed by atoms with Crippen molar-refractivity contribution in [1.82, 2.24) is 0 Å². The Morgan fingerprint density at radius 2 is 0.514 bits per heavy atom. The van der Waals surface area contributed by atoms with E-state index in [-0.39, 0.29) is 7.43 Å². The van der Waals surface area contributed by atoms with Gasteiger partial charge in [0.05, 0.1) is 0 Å². The molecule has 4 rings (SSSR count). The van der Waals surface area contributed by atoms with Crippen molar-refractivity contribution in [1.29, 1.82) is 0 Å². The van der Waals surface area contributed by atoms with Crippen LogP contribution < -0.4 is 21.2 Å². The van der Waals surface area contributed by atoms with Gasteiger partial charge in [-0.2, -0.15) is 41.2 Å². The van der Waals surface area contributed by atoms with E-state index in [0.29, 0.717) is 0 Å². The molecule has 0 radical (unpaired) electrons. The zero-order chi connectivity index (χ0) is 25.5. The molecule has 0 saturated heterocycles. The summed E-state index contributed by atoms with van der Waals surface area (Å²) < 4.78 is 0. The Morgan fingerprint density at radius 1 is 0.371 bits per heavy atom. The third kappa shape index (κ3) is 11.0. The Labute approximate surface area is 247 Å². The molecule has 0 aliphatic heterocycles. The normalized spacial score (nSPS) is 10.1. The van der Waals surface area contributed by atoms with Crippen LogP contribution in [0.3, 0.4) is 0 Å². The van der Waals surface area contributed by atoms with Gasteiger partial charge in [0.25, 0.3) is 0 Å². The van der Waals surface area contributed by atoms with Crippen LogP contribution in [0.2, 0.25) is 0 Å². The van der Waals surface area contributed by atoms with Gasteiger partial charge in [-0.05, 0) is 48.5 Å². The van der Waals surface area contributed by atoms with Crippen LogP contribution in [0.5, 0.6) is 0 Å². The van der Waals surface area contributed by atoms with E-state index in [1.807, 2.05) is 72.8 Å². The van der Waals surface area contributed by atoms with Crippen LogP contribution in [0.1, 0.15) is 0 Å². The average Bonchev–Trinajstić information content (AvgIpc) is 2.93. The van der Waals surface area contributed by atoms with Gasteiger partial charge < -0.3 is 7.43 Å². The monoisotopic (exact) mass is 905 g/mol.